The summed E-state index contributed by atoms with van der Waals surface area (Å²) in [5.41, 5.74) is -1.08. The third-order valence-electron chi connectivity index (χ3n) is 3.71. The lowest BCUT2D eigenvalue weighted by Crippen LogP contribution is -2.44. The van der Waals surface area contributed by atoms with Crippen LogP contribution in [-0.2, 0) is 11.0 Å². The number of urea groups is 1. The number of likely N-dealkylation sites (tertiary alicyclic amines) is 1. The lowest BCUT2D eigenvalue weighted by atomic mass is 10.2. The van der Waals surface area contributed by atoms with E-state index in [0.717, 1.165) is 12.1 Å². The zero-order valence-electron chi connectivity index (χ0n) is 12.4. The van der Waals surface area contributed by atoms with E-state index in [9.17, 15) is 22.8 Å². The molecule has 23 heavy (non-hydrogen) atoms. The molecule has 1 aliphatic rings. The van der Waals surface area contributed by atoms with Crippen LogP contribution in [-0.4, -0.2) is 48.4 Å². The molecule has 5 nitrogen and oxygen atoms in total. The maximum absolute atomic E-state index is 12.8. The molecule has 9 heteroatoms. The molecular formula is C14H15ClF3N3O2. The number of rotatable bonds is 2. The Labute approximate surface area is 136 Å². The van der Waals surface area contributed by atoms with Gasteiger partial charge in [-0.1, -0.05) is 11.6 Å². The Kier molecular flexibility index (Phi) is 4.74. The molecule has 0 aliphatic carbocycles. The number of hydrogen-bond donors (Lipinski definition) is 1. The number of nitrogens with one attached hydrogen (secondary N) is 1. The first-order valence-electron chi connectivity index (χ1n) is 6.77. The summed E-state index contributed by atoms with van der Waals surface area (Å²) in [6, 6.07) is 1.82. The third-order valence-corrected chi connectivity index (χ3v) is 4.04. The summed E-state index contributed by atoms with van der Waals surface area (Å²) >= 11 is 5.53. The highest BCUT2D eigenvalue weighted by atomic mass is 35.5. The second-order valence-corrected chi connectivity index (χ2v) is 5.70. The second kappa shape index (κ2) is 6.27. The van der Waals surface area contributed by atoms with Gasteiger partial charge in [-0.3, -0.25) is 4.79 Å². The number of nitrogens with zero attached hydrogens (tertiary/aromatic N) is 2. The van der Waals surface area contributed by atoms with Gasteiger partial charge in [-0.05, 0) is 24.6 Å². The van der Waals surface area contributed by atoms with Gasteiger partial charge in [0.2, 0.25) is 5.91 Å². The summed E-state index contributed by atoms with van der Waals surface area (Å²) < 4.78 is 38.4. The van der Waals surface area contributed by atoms with Gasteiger partial charge in [0.25, 0.3) is 0 Å². The normalized spacial score (nSPS) is 18.3. The van der Waals surface area contributed by atoms with Crippen LogP contribution in [0.15, 0.2) is 18.2 Å². The molecule has 1 heterocycles. The first-order chi connectivity index (χ1) is 10.6. The maximum Gasteiger partial charge on any atom is 0.417 e. The van der Waals surface area contributed by atoms with E-state index in [1.165, 1.54) is 22.9 Å². The first kappa shape index (κ1) is 17.4. The van der Waals surface area contributed by atoms with Crippen molar-refractivity contribution in [2.75, 3.05) is 26.0 Å². The van der Waals surface area contributed by atoms with Crippen LogP contribution in [0, 0.1) is 0 Å². The Morgan fingerprint density at radius 1 is 1.43 bits per heavy atom. The van der Waals surface area contributed by atoms with Gasteiger partial charge in [0.15, 0.2) is 0 Å². The number of amides is 3. The van der Waals surface area contributed by atoms with Crippen molar-refractivity contribution in [1.29, 1.82) is 0 Å². The predicted molar refractivity (Wildman–Crippen MR) is 79.3 cm³/mol. The van der Waals surface area contributed by atoms with E-state index in [2.05, 4.69) is 5.32 Å². The molecule has 0 spiro atoms. The topological polar surface area (TPSA) is 52.6 Å². The number of anilines is 1. The van der Waals surface area contributed by atoms with E-state index < -0.39 is 28.8 Å². The van der Waals surface area contributed by atoms with Gasteiger partial charge in [0.1, 0.15) is 6.04 Å². The van der Waals surface area contributed by atoms with Gasteiger partial charge in [0, 0.05) is 26.3 Å². The third kappa shape index (κ3) is 3.69. The van der Waals surface area contributed by atoms with E-state index in [1.807, 2.05) is 0 Å². The van der Waals surface area contributed by atoms with Crippen LogP contribution in [0.3, 0.4) is 0 Å². The SMILES string of the molecule is CN1CC[C@@H](N(C)C(=O)Nc2ccc(Cl)c(C(F)(F)F)c2)C1=O. The second-order valence-electron chi connectivity index (χ2n) is 5.30. The Morgan fingerprint density at radius 2 is 2.09 bits per heavy atom. The molecule has 1 aliphatic heterocycles. The quantitative estimate of drug-likeness (QED) is 0.892. The number of alkyl halides is 3. The van der Waals surface area contributed by atoms with Crippen LogP contribution in [0.4, 0.5) is 23.7 Å². The van der Waals surface area contributed by atoms with E-state index in [1.54, 1.807) is 7.05 Å². The Bertz CT molecular complexity index is 636. The molecule has 0 radical (unpaired) electrons. The average Bonchev–Trinajstić information content (AvgIpc) is 2.79. The fourth-order valence-electron chi connectivity index (χ4n) is 2.34. The van der Waals surface area contributed by atoms with Crippen molar-refractivity contribution in [3.8, 4) is 0 Å². The molecule has 0 bridgehead atoms. The lowest BCUT2D eigenvalue weighted by Gasteiger charge is -2.23. The summed E-state index contributed by atoms with van der Waals surface area (Å²) in [5.74, 6) is -0.199. The minimum absolute atomic E-state index is 0.0441. The number of carbonyl (C=O) groups excluding carboxylic acids is 2. The molecule has 0 saturated carbocycles. The van der Waals surface area contributed by atoms with Gasteiger partial charge >= 0.3 is 12.2 Å². The summed E-state index contributed by atoms with van der Waals surface area (Å²) in [6.07, 6.45) is -4.14. The molecule has 126 valence electrons. The largest absolute Gasteiger partial charge is 0.417 e. The van der Waals surface area contributed by atoms with Gasteiger partial charge in [0.05, 0.1) is 10.6 Å². The van der Waals surface area contributed by atoms with Crippen molar-refractivity contribution in [3.63, 3.8) is 0 Å². The molecular weight excluding hydrogens is 335 g/mol. The van der Waals surface area contributed by atoms with Crippen molar-refractivity contribution < 1.29 is 22.8 Å². The smallest absolute Gasteiger partial charge is 0.344 e. The van der Waals surface area contributed by atoms with Crippen LogP contribution in [0.25, 0.3) is 0 Å². The van der Waals surface area contributed by atoms with E-state index in [-0.39, 0.29) is 11.6 Å². The molecule has 0 aromatic heterocycles. The molecule has 0 unspecified atom stereocenters. The van der Waals surface area contributed by atoms with E-state index in [0.29, 0.717) is 13.0 Å². The van der Waals surface area contributed by atoms with Crippen LogP contribution in [0.2, 0.25) is 5.02 Å². The van der Waals surface area contributed by atoms with E-state index >= 15 is 0 Å². The summed E-state index contributed by atoms with van der Waals surface area (Å²) in [5, 5.41) is 1.90. The summed E-state index contributed by atoms with van der Waals surface area (Å²) in [4.78, 5) is 26.7. The highest BCUT2D eigenvalue weighted by Gasteiger charge is 2.35. The minimum atomic E-state index is -4.62. The number of benzene rings is 1. The molecule has 2 rings (SSSR count). The molecule has 1 atom stereocenters. The number of hydrogen-bond acceptors (Lipinski definition) is 2. The highest BCUT2D eigenvalue weighted by Crippen LogP contribution is 2.36. The van der Waals surface area contributed by atoms with Crippen molar-refractivity contribution >= 4 is 29.2 Å². The van der Waals surface area contributed by atoms with Crippen molar-refractivity contribution in [2.45, 2.75) is 18.6 Å². The zero-order valence-corrected chi connectivity index (χ0v) is 13.2. The number of halogens is 4. The summed E-state index contributed by atoms with van der Waals surface area (Å²) in [7, 11) is 3.06. The Morgan fingerprint density at radius 3 is 2.61 bits per heavy atom. The van der Waals surface area contributed by atoms with Crippen molar-refractivity contribution in [3.05, 3.63) is 28.8 Å². The number of carbonyl (C=O) groups is 2. The van der Waals surface area contributed by atoms with Crippen LogP contribution < -0.4 is 5.32 Å². The number of likely N-dealkylation sites (N-methyl/N-ethyl adjacent to an activating group) is 2. The first-order valence-corrected chi connectivity index (χ1v) is 7.14. The van der Waals surface area contributed by atoms with Gasteiger partial charge in [-0.2, -0.15) is 13.2 Å². The molecule has 1 aromatic rings. The lowest BCUT2D eigenvalue weighted by molar-refractivity contribution is -0.137. The summed E-state index contributed by atoms with van der Waals surface area (Å²) in [6.45, 7) is 0.528. The zero-order chi connectivity index (χ0) is 17.4. The van der Waals surface area contributed by atoms with Gasteiger partial charge in [-0.15, -0.1) is 0 Å². The minimum Gasteiger partial charge on any atom is -0.344 e. The predicted octanol–water partition coefficient (Wildman–Crippen LogP) is 3.05. The van der Waals surface area contributed by atoms with Crippen LogP contribution >= 0.6 is 11.6 Å². The van der Waals surface area contributed by atoms with Crippen molar-refractivity contribution in [1.82, 2.24) is 9.80 Å². The fourth-order valence-corrected chi connectivity index (χ4v) is 2.56. The maximum atomic E-state index is 12.8. The molecule has 3 amide bonds. The molecule has 1 N–H and O–H groups in total. The highest BCUT2D eigenvalue weighted by molar-refractivity contribution is 6.31. The van der Waals surface area contributed by atoms with Crippen molar-refractivity contribution in [2.24, 2.45) is 0 Å². The monoisotopic (exact) mass is 349 g/mol. The van der Waals surface area contributed by atoms with Gasteiger partial charge < -0.3 is 15.1 Å². The van der Waals surface area contributed by atoms with Crippen LogP contribution in [0.1, 0.15) is 12.0 Å². The molecule has 1 fully saturated rings. The Balaban J connectivity index is 2.13. The van der Waals surface area contributed by atoms with Gasteiger partial charge in [-0.25, -0.2) is 4.79 Å². The molecule has 1 aromatic carbocycles. The Hall–Kier alpha value is -1.96. The van der Waals surface area contributed by atoms with E-state index in [4.69, 9.17) is 11.6 Å². The van der Waals surface area contributed by atoms with Crippen LogP contribution in [0.5, 0.6) is 0 Å². The fraction of sp³-hybridized carbons (Fsp3) is 0.429. The standard InChI is InChI=1S/C14H15ClF3N3O2/c1-20-6-5-11(12(20)22)21(2)13(23)19-8-3-4-10(15)9(7-8)14(16,17)18/h3-4,7,11H,5-6H2,1-2H3,(H,19,23)/t11-/m1/s1. The molecule has 1 saturated heterocycles. The average molecular weight is 350 g/mol.